The maximum atomic E-state index is 13.1. The molecule has 0 unspecified atom stereocenters. The Morgan fingerprint density at radius 3 is 2.09 bits per heavy atom. The standard InChI is InChI=1S/C19H12ClF8N3O2S/c1-18(9-30,10-33-15-7-11(8-29)6-14(16(15)20)19(21,22)23)31-17(32)12-2-4-13(5-3-12)34(24,25,26,27)28/h2-7H,10H2,1H3,(H,31,32)/t18-/m0/s1. The molecule has 0 saturated carbocycles. The first-order chi connectivity index (χ1) is 15.2. The molecule has 2 aromatic carbocycles. The number of amides is 1. The fourth-order valence-corrected chi connectivity index (χ4v) is 3.40. The number of halogens is 9. The van der Waals surface area contributed by atoms with Gasteiger partial charge in [0, 0.05) is 5.56 Å². The van der Waals surface area contributed by atoms with Crippen molar-refractivity contribution in [2.45, 2.75) is 23.5 Å². The van der Waals surface area contributed by atoms with Crippen LogP contribution < -0.4 is 10.1 Å². The predicted octanol–water partition coefficient (Wildman–Crippen LogP) is 6.98. The van der Waals surface area contributed by atoms with E-state index in [2.05, 4.69) is 5.32 Å². The molecule has 0 aliphatic carbocycles. The third kappa shape index (κ3) is 6.42. The smallest absolute Gasteiger partial charge is 0.418 e. The van der Waals surface area contributed by atoms with Crippen molar-refractivity contribution in [3.05, 3.63) is 58.1 Å². The summed E-state index contributed by atoms with van der Waals surface area (Å²) in [7, 11) is -9.96. The highest BCUT2D eigenvalue weighted by atomic mass is 35.5. The van der Waals surface area contributed by atoms with Crippen molar-refractivity contribution in [2.24, 2.45) is 0 Å². The summed E-state index contributed by atoms with van der Waals surface area (Å²) in [6.45, 7) is 0.269. The molecular weight excluding hydrogens is 522 g/mol. The number of nitrogens with zero attached hydrogens (tertiary/aromatic N) is 2. The van der Waals surface area contributed by atoms with Crippen LogP contribution >= 0.6 is 21.8 Å². The number of nitriles is 2. The van der Waals surface area contributed by atoms with Crippen molar-refractivity contribution in [1.29, 1.82) is 10.5 Å². The Bertz CT molecular complexity index is 1220. The molecule has 2 aromatic rings. The van der Waals surface area contributed by atoms with Crippen LogP contribution in [0.25, 0.3) is 0 Å². The molecular formula is C19H12ClF8N3O2S. The number of carbonyl (C=O) groups excluding carboxylic acids is 1. The van der Waals surface area contributed by atoms with Gasteiger partial charge in [-0.2, -0.15) is 23.7 Å². The molecule has 0 aromatic heterocycles. The molecule has 2 rings (SSSR count). The SMILES string of the molecule is C[C@](C#N)(COc1cc(C#N)cc(C(F)(F)F)c1Cl)NC(=O)c1ccc(S(F)(F)(F)(F)F)cc1. The Morgan fingerprint density at radius 1 is 1.09 bits per heavy atom. The van der Waals surface area contributed by atoms with Gasteiger partial charge in [-0.3, -0.25) is 4.79 Å². The predicted molar refractivity (Wildman–Crippen MR) is 106 cm³/mol. The molecule has 0 heterocycles. The molecule has 34 heavy (non-hydrogen) atoms. The number of benzene rings is 2. The molecule has 0 radical (unpaired) electrons. The zero-order valence-electron chi connectivity index (χ0n) is 16.7. The summed E-state index contributed by atoms with van der Waals surface area (Å²) in [6.07, 6.45) is -4.93. The van der Waals surface area contributed by atoms with Crippen LogP contribution in [0.2, 0.25) is 5.02 Å². The number of hydrogen-bond acceptors (Lipinski definition) is 4. The van der Waals surface area contributed by atoms with Gasteiger partial charge in [0.2, 0.25) is 0 Å². The highest BCUT2D eigenvalue weighted by Crippen LogP contribution is 3.02. The van der Waals surface area contributed by atoms with Crippen LogP contribution in [0, 0.1) is 22.7 Å². The highest BCUT2D eigenvalue weighted by molar-refractivity contribution is 8.45. The summed E-state index contributed by atoms with van der Waals surface area (Å²) in [4.78, 5) is 10.1. The normalized spacial score (nSPS) is 15.6. The van der Waals surface area contributed by atoms with E-state index in [1.807, 2.05) is 0 Å². The summed E-state index contributed by atoms with van der Waals surface area (Å²) in [5, 5.41) is 19.5. The monoisotopic (exact) mass is 533 g/mol. The second-order valence-electron chi connectivity index (χ2n) is 7.13. The highest BCUT2D eigenvalue weighted by Gasteiger charge is 2.65. The van der Waals surface area contributed by atoms with E-state index >= 15 is 0 Å². The zero-order chi connectivity index (χ0) is 26.2. The molecule has 0 fully saturated rings. The maximum absolute atomic E-state index is 13.1. The third-order valence-electron chi connectivity index (χ3n) is 4.19. The Balaban J connectivity index is 2.25. The van der Waals surface area contributed by atoms with Gasteiger partial charge in [0.1, 0.15) is 17.3 Å². The van der Waals surface area contributed by atoms with Gasteiger partial charge < -0.3 is 10.1 Å². The molecule has 5 nitrogen and oxygen atoms in total. The third-order valence-corrected chi connectivity index (χ3v) is 5.74. The summed E-state index contributed by atoms with van der Waals surface area (Å²) >= 11 is 5.70. The first kappa shape index (κ1) is 27.0. The van der Waals surface area contributed by atoms with E-state index in [0.29, 0.717) is 18.2 Å². The average Bonchev–Trinajstić information content (AvgIpc) is 2.70. The van der Waals surface area contributed by atoms with Gasteiger partial charge in [0.15, 0.2) is 5.54 Å². The molecule has 15 heteroatoms. The number of nitrogens with one attached hydrogen (secondary N) is 1. The van der Waals surface area contributed by atoms with Gasteiger partial charge in [0.25, 0.3) is 5.91 Å². The van der Waals surface area contributed by atoms with E-state index in [-0.39, 0.29) is 12.1 Å². The van der Waals surface area contributed by atoms with E-state index in [0.717, 1.165) is 13.0 Å². The second-order valence-corrected chi connectivity index (χ2v) is 9.91. The Kier molecular flexibility index (Phi) is 6.30. The zero-order valence-corrected chi connectivity index (χ0v) is 18.3. The van der Waals surface area contributed by atoms with E-state index in [1.165, 1.54) is 6.07 Å². The van der Waals surface area contributed by atoms with Crippen molar-refractivity contribution in [3.8, 4) is 17.9 Å². The lowest BCUT2D eigenvalue weighted by atomic mass is 10.0. The second kappa shape index (κ2) is 7.92. The molecule has 1 atom stereocenters. The summed E-state index contributed by atoms with van der Waals surface area (Å²) in [6, 6.07) is 5.38. The van der Waals surface area contributed by atoms with Crippen LogP contribution in [0.5, 0.6) is 5.75 Å². The van der Waals surface area contributed by atoms with Gasteiger partial charge in [-0.25, -0.2) is 0 Å². The van der Waals surface area contributed by atoms with Crippen LogP contribution in [-0.2, 0) is 6.18 Å². The lowest BCUT2D eigenvalue weighted by Gasteiger charge is -2.40. The molecule has 0 aliphatic rings. The largest absolute Gasteiger partial charge is 0.488 e. The maximum Gasteiger partial charge on any atom is 0.418 e. The van der Waals surface area contributed by atoms with Crippen molar-refractivity contribution in [1.82, 2.24) is 5.32 Å². The van der Waals surface area contributed by atoms with Gasteiger partial charge in [-0.1, -0.05) is 31.0 Å². The number of rotatable bonds is 6. The summed E-state index contributed by atoms with van der Waals surface area (Å²) in [5.41, 5.74) is -4.32. The molecule has 0 aliphatic heterocycles. The van der Waals surface area contributed by atoms with Crippen LogP contribution in [0.15, 0.2) is 41.3 Å². The Labute approximate surface area is 192 Å². The van der Waals surface area contributed by atoms with Crippen molar-refractivity contribution in [2.75, 3.05) is 6.61 Å². The average molecular weight is 534 g/mol. The van der Waals surface area contributed by atoms with Gasteiger partial charge >= 0.3 is 16.4 Å². The van der Waals surface area contributed by atoms with Gasteiger partial charge in [-0.15, -0.1) is 0 Å². The minimum Gasteiger partial charge on any atom is -0.488 e. The van der Waals surface area contributed by atoms with Crippen LogP contribution in [0.3, 0.4) is 0 Å². The van der Waals surface area contributed by atoms with Gasteiger partial charge in [-0.05, 0) is 43.3 Å². The van der Waals surface area contributed by atoms with E-state index in [1.54, 1.807) is 6.07 Å². The molecule has 0 bridgehead atoms. The molecule has 1 N–H and O–H groups in total. The van der Waals surface area contributed by atoms with Crippen LogP contribution in [0.1, 0.15) is 28.4 Å². The molecule has 0 spiro atoms. The first-order valence-corrected chi connectivity index (χ1v) is 11.0. The van der Waals surface area contributed by atoms with Crippen molar-refractivity contribution in [3.63, 3.8) is 0 Å². The fourth-order valence-electron chi connectivity index (χ4n) is 2.48. The first-order valence-electron chi connectivity index (χ1n) is 8.71. The van der Waals surface area contributed by atoms with Crippen LogP contribution in [0.4, 0.5) is 32.6 Å². The van der Waals surface area contributed by atoms with E-state index in [9.17, 15) is 42.7 Å². The lowest BCUT2D eigenvalue weighted by molar-refractivity contribution is -0.137. The Hall–Kier alpha value is -3.23. The minimum atomic E-state index is -9.96. The quantitative estimate of drug-likeness (QED) is 0.406. The van der Waals surface area contributed by atoms with Crippen molar-refractivity contribution < 1.29 is 42.1 Å². The number of alkyl halides is 3. The summed E-state index contributed by atoms with van der Waals surface area (Å²) in [5.74, 6) is -1.78. The van der Waals surface area contributed by atoms with Gasteiger partial charge in [0.05, 0.1) is 28.3 Å². The lowest BCUT2D eigenvalue weighted by Crippen LogP contribution is -2.49. The van der Waals surface area contributed by atoms with Crippen LogP contribution in [-0.4, -0.2) is 18.1 Å². The molecule has 0 saturated heterocycles. The Morgan fingerprint density at radius 2 is 1.65 bits per heavy atom. The molecule has 184 valence electrons. The number of ether oxygens (including phenoxy) is 1. The fraction of sp³-hybridized carbons (Fsp3) is 0.211. The minimum absolute atomic E-state index is 0.00249. The van der Waals surface area contributed by atoms with E-state index < -0.39 is 66.8 Å². The number of hydrogen-bond donors (Lipinski definition) is 1. The van der Waals surface area contributed by atoms with E-state index in [4.69, 9.17) is 21.6 Å². The topological polar surface area (TPSA) is 85.9 Å². The number of carbonyl (C=O) groups is 1. The summed E-state index contributed by atoms with van der Waals surface area (Å²) < 4.78 is 108. The molecule has 1 amide bonds. The van der Waals surface area contributed by atoms with Crippen molar-refractivity contribution >= 4 is 27.7 Å².